The molecule has 1 heterocycles. The molecule has 5 rings (SSSR count). The lowest BCUT2D eigenvalue weighted by atomic mass is 9.85. The minimum absolute atomic E-state index is 0.117. The summed E-state index contributed by atoms with van der Waals surface area (Å²) in [6.45, 7) is 8.48. The topological polar surface area (TPSA) is 183 Å². The summed E-state index contributed by atoms with van der Waals surface area (Å²) in [7, 11) is -3.90. The van der Waals surface area contributed by atoms with E-state index in [0.717, 1.165) is 25.7 Å². The fraction of sp³-hybridized carbons (Fsp3) is 0.594. The lowest BCUT2D eigenvalue weighted by Gasteiger charge is -2.35. The number of nitrogens with zero attached hydrogens (tertiary/aromatic N) is 2. The van der Waals surface area contributed by atoms with Gasteiger partial charge in [0, 0.05) is 11.6 Å². The Labute approximate surface area is 275 Å². The molecule has 4 aliphatic rings. The van der Waals surface area contributed by atoms with Crippen LogP contribution in [0.4, 0.5) is 15.3 Å². The number of alkyl carbamates (subject to hydrolysis) is 1. The normalized spacial score (nSPS) is 25.0. The van der Waals surface area contributed by atoms with Crippen LogP contribution in [-0.2, 0) is 29.1 Å². The van der Waals surface area contributed by atoms with Crippen LogP contribution in [0.1, 0.15) is 65.7 Å². The van der Waals surface area contributed by atoms with E-state index < -0.39 is 74.1 Å². The molecule has 1 aromatic rings. The molecule has 15 heteroatoms. The Morgan fingerprint density at radius 2 is 1.70 bits per heavy atom. The Kier molecular flexibility index (Phi) is 9.58. The van der Waals surface area contributed by atoms with Gasteiger partial charge >= 0.3 is 12.1 Å². The molecule has 3 aliphatic carbocycles. The van der Waals surface area contributed by atoms with Gasteiger partial charge in [0.2, 0.25) is 21.8 Å². The number of rotatable bonds is 10. The number of urea groups is 1. The van der Waals surface area contributed by atoms with Crippen LogP contribution in [0, 0.1) is 11.3 Å². The van der Waals surface area contributed by atoms with Gasteiger partial charge in [0.05, 0.1) is 18.5 Å². The van der Waals surface area contributed by atoms with Gasteiger partial charge in [-0.05, 0) is 62.5 Å². The van der Waals surface area contributed by atoms with Crippen LogP contribution in [0.3, 0.4) is 0 Å². The summed E-state index contributed by atoms with van der Waals surface area (Å²) < 4.78 is 32.8. The van der Waals surface area contributed by atoms with E-state index in [4.69, 9.17) is 4.74 Å². The van der Waals surface area contributed by atoms with Gasteiger partial charge in [-0.15, -0.1) is 6.58 Å². The molecule has 4 N–H and O–H groups in total. The molecule has 14 nitrogen and oxygen atoms in total. The highest BCUT2D eigenvalue weighted by Crippen LogP contribution is 2.45. The van der Waals surface area contributed by atoms with Crippen molar-refractivity contribution in [2.45, 2.75) is 94.7 Å². The van der Waals surface area contributed by atoms with E-state index >= 15 is 0 Å². The summed E-state index contributed by atoms with van der Waals surface area (Å²) in [6.07, 6.45) is 4.87. The monoisotopic (exact) mass is 672 g/mol. The molecule has 0 bridgehead atoms. The van der Waals surface area contributed by atoms with E-state index in [1.165, 1.54) is 15.9 Å². The van der Waals surface area contributed by atoms with Gasteiger partial charge in [-0.2, -0.15) is 0 Å². The van der Waals surface area contributed by atoms with Crippen LogP contribution in [0.15, 0.2) is 43.0 Å². The van der Waals surface area contributed by atoms with Gasteiger partial charge in [-0.3, -0.25) is 19.1 Å². The highest BCUT2D eigenvalue weighted by Gasteiger charge is 2.62. The first-order chi connectivity index (χ1) is 22.1. The molecule has 0 aromatic heterocycles. The van der Waals surface area contributed by atoms with Crippen molar-refractivity contribution in [2.24, 2.45) is 11.3 Å². The minimum Gasteiger partial charge on any atom is -0.446 e. The third-order valence-electron chi connectivity index (χ3n) is 9.19. The zero-order chi connectivity index (χ0) is 34.1. The number of nitrogens with one attached hydrogen (secondary N) is 4. The molecule has 0 radical (unpaired) electrons. The maximum atomic E-state index is 14.3. The second-order valence-electron chi connectivity index (χ2n) is 13.9. The third-order valence-corrected chi connectivity index (χ3v) is 11.0. The molecule has 0 unspecified atom stereocenters. The Morgan fingerprint density at radius 1 is 1.04 bits per heavy atom. The Balaban J connectivity index is 1.38. The number of para-hydroxylation sites is 1. The second-order valence-corrected chi connectivity index (χ2v) is 15.9. The smallest absolute Gasteiger partial charge is 0.408 e. The third kappa shape index (κ3) is 7.71. The van der Waals surface area contributed by atoms with E-state index in [0.29, 0.717) is 18.5 Å². The summed E-state index contributed by atoms with van der Waals surface area (Å²) in [6, 6.07) is 5.70. The first-order valence-corrected chi connectivity index (χ1v) is 17.6. The summed E-state index contributed by atoms with van der Waals surface area (Å²) in [5.41, 5.74) is -1.90. The van der Waals surface area contributed by atoms with E-state index in [2.05, 4.69) is 27.3 Å². The Hall–Kier alpha value is -4.14. The van der Waals surface area contributed by atoms with Crippen LogP contribution in [0.2, 0.25) is 0 Å². The number of sulfonamides is 1. The van der Waals surface area contributed by atoms with Gasteiger partial charge in [0.1, 0.15) is 23.7 Å². The van der Waals surface area contributed by atoms with Crippen molar-refractivity contribution >= 4 is 45.6 Å². The van der Waals surface area contributed by atoms with Crippen LogP contribution in [-0.4, -0.2) is 90.3 Å². The van der Waals surface area contributed by atoms with Crippen molar-refractivity contribution < 1.29 is 37.1 Å². The van der Waals surface area contributed by atoms with Crippen LogP contribution in [0.25, 0.3) is 0 Å². The molecule has 3 saturated carbocycles. The first kappa shape index (κ1) is 34.2. The zero-order valence-electron chi connectivity index (χ0n) is 27.0. The molecule has 47 heavy (non-hydrogen) atoms. The van der Waals surface area contributed by atoms with Gasteiger partial charge in [0.15, 0.2) is 0 Å². The molecule has 4 atom stereocenters. The van der Waals surface area contributed by atoms with E-state index in [9.17, 15) is 32.4 Å². The lowest BCUT2D eigenvalue weighted by Crippen LogP contribution is -2.60. The average molecular weight is 673 g/mol. The maximum Gasteiger partial charge on any atom is 0.408 e. The molecular formula is C32H44N6O8S. The minimum atomic E-state index is -3.90. The number of hydrogen-bond donors (Lipinski definition) is 4. The predicted octanol–water partition coefficient (Wildman–Crippen LogP) is 2.44. The fourth-order valence-corrected chi connectivity index (χ4v) is 7.47. The largest absolute Gasteiger partial charge is 0.446 e. The highest BCUT2D eigenvalue weighted by atomic mass is 32.2. The Morgan fingerprint density at radius 3 is 2.28 bits per heavy atom. The maximum absolute atomic E-state index is 14.3. The van der Waals surface area contributed by atoms with Crippen molar-refractivity contribution in [3.8, 4) is 0 Å². The quantitative estimate of drug-likeness (QED) is 0.273. The highest BCUT2D eigenvalue weighted by molar-refractivity contribution is 7.91. The first-order valence-electron chi connectivity index (χ1n) is 16.0. The number of amides is 6. The van der Waals surface area contributed by atoms with Crippen LogP contribution in [0.5, 0.6) is 0 Å². The number of hydrogen-bond acceptors (Lipinski definition) is 8. The predicted molar refractivity (Wildman–Crippen MR) is 172 cm³/mol. The van der Waals surface area contributed by atoms with E-state index in [1.807, 2.05) is 0 Å². The van der Waals surface area contributed by atoms with E-state index in [-0.39, 0.29) is 25.7 Å². The lowest BCUT2D eigenvalue weighted by molar-refractivity contribution is -0.142. The van der Waals surface area contributed by atoms with Gasteiger partial charge < -0.3 is 30.5 Å². The summed E-state index contributed by atoms with van der Waals surface area (Å²) >= 11 is 0. The van der Waals surface area contributed by atoms with Gasteiger partial charge in [-0.1, -0.05) is 45.0 Å². The van der Waals surface area contributed by atoms with Gasteiger partial charge in [-0.25, -0.2) is 18.0 Å². The summed E-state index contributed by atoms with van der Waals surface area (Å²) in [5, 5.41) is 7.50. The number of benzene rings is 1. The number of ether oxygens (including phenoxy) is 1. The van der Waals surface area contributed by atoms with Crippen LogP contribution < -0.4 is 20.7 Å². The van der Waals surface area contributed by atoms with Crippen molar-refractivity contribution in [1.29, 1.82) is 0 Å². The summed E-state index contributed by atoms with van der Waals surface area (Å²) in [4.78, 5) is 70.3. The van der Waals surface area contributed by atoms with E-state index in [1.54, 1.807) is 51.1 Å². The molecule has 1 aromatic carbocycles. The number of carbonyl (C=O) groups is 5. The second kappa shape index (κ2) is 13.2. The van der Waals surface area contributed by atoms with Crippen molar-refractivity contribution in [2.75, 3.05) is 18.5 Å². The zero-order valence-corrected chi connectivity index (χ0v) is 27.8. The average Bonchev–Trinajstić information content (AvgIpc) is 3.88. The summed E-state index contributed by atoms with van der Waals surface area (Å²) in [5.74, 6) is -2.79. The number of carbonyl (C=O) groups excluding carboxylic acids is 5. The molecule has 4 fully saturated rings. The SMILES string of the molecule is C=C[C@@H]1C[C@]1(NC(=O)[C@@H]1CN(C(=O)Nc2ccccc2)CN1C(=O)[C@@H](NC(=O)OC1CCCC1)C(C)(C)C)C(=O)NS(=O)(=O)C1CC1. The molecule has 256 valence electrons. The number of anilines is 1. The Bertz CT molecular complexity index is 1520. The fourth-order valence-electron chi connectivity index (χ4n) is 6.11. The molecule has 1 aliphatic heterocycles. The standard InChI is InChI=1S/C32H44N6O8S/c1-5-20-17-32(20,28(41)36-47(44,45)23-15-16-23)35-26(39)24-18-37(29(42)33-21-11-7-6-8-12-21)19-38(24)27(40)25(31(2,3)4)34-30(43)46-22-13-9-10-14-22/h5-8,11-12,20,22-25H,1,9-10,13-19H2,2-4H3,(H,33,42)(H,34,43)(H,35,39)(H,36,41)/t20-,24+,25-,32-/m1/s1. The van der Waals surface area contributed by atoms with Crippen molar-refractivity contribution in [3.63, 3.8) is 0 Å². The van der Waals surface area contributed by atoms with Gasteiger partial charge in [0.25, 0.3) is 5.91 Å². The molecule has 0 spiro atoms. The molecule has 6 amide bonds. The molecular weight excluding hydrogens is 628 g/mol. The van der Waals surface area contributed by atoms with Crippen molar-refractivity contribution in [3.05, 3.63) is 43.0 Å². The van der Waals surface area contributed by atoms with Crippen molar-refractivity contribution in [1.82, 2.24) is 25.2 Å². The van der Waals surface area contributed by atoms with Crippen LogP contribution >= 0.6 is 0 Å². The molecule has 1 saturated heterocycles.